The summed E-state index contributed by atoms with van der Waals surface area (Å²) >= 11 is 0. The second kappa shape index (κ2) is 9.70. The highest BCUT2D eigenvalue weighted by Crippen LogP contribution is 2.33. The van der Waals surface area contributed by atoms with Gasteiger partial charge in [0, 0.05) is 0 Å². The maximum Gasteiger partial charge on any atom is 0.123 e. The molecule has 0 atom stereocenters. The van der Waals surface area contributed by atoms with Gasteiger partial charge in [0.05, 0.1) is 6.61 Å². The molecule has 0 bridgehead atoms. The Labute approximate surface area is 166 Å². The van der Waals surface area contributed by atoms with Gasteiger partial charge in [0.1, 0.15) is 11.6 Å². The molecule has 0 radical (unpaired) electrons. The molecule has 0 unspecified atom stereocenters. The molecule has 1 nitrogen and oxygen atoms in total. The summed E-state index contributed by atoms with van der Waals surface area (Å²) in [7, 11) is 0. The molecule has 0 spiro atoms. The zero-order valence-corrected chi connectivity index (χ0v) is 16.2. The van der Waals surface area contributed by atoms with E-state index in [1.54, 1.807) is 0 Å². The van der Waals surface area contributed by atoms with E-state index in [0.29, 0.717) is 13.0 Å². The smallest absolute Gasteiger partial charge is 0.123 e. The molecule has 2 heteroatoms. The predicted molar refractivity (Wildman–Crippen MR) is 116 cm³/mol. The molecule has 0 saturated carbocycles. The van der Waals surface area contributed by atoms with Crippen LogP contribution >= 0.6 is 0 Å². The van der Waals surface area contributed by atoms with Crippen molar-refractivity contribution in [2.75, 3.05) is 6.61 Å². The summed E-state index contributed by atoms with van der Waals surface area (Å²) in [5.74, 6) is 0.641. The third kappa shape index (κ3) is 4.98. The molecule has 0 N–H and O–H groups in total. The van der Waals surface area contributed by atoms with Gasteiger partial charge in [-0.15, -0.1) is 6.58 Å². The van der Waals surface area contributed by atoms with Crippen molar-refractivity contribution >= 4 is 11.1 Å². The van der Waals surface area contributed by atoms with Crippen LogP contribution in [-0.4, -0.2) is 6.61 Å². The minimum absolute atomic E-state index is 0.218. The zero-order chi connectivity index (χ0) is 19.8. The van der Waals surface area contributed by atoms with Crippen molar-refractivity contribution in [2.24, 2.45) is 0 Å². The normalized spacial score (nSPS) is 11.6. The minimum Gasteiger partial charge on any atom is -0.494 e. The summed E-state index contributed by atoms with van der Waals surface area (Å²) in [5.41, 5.74) is 5.81. The molecule has 0 amide bonds. The van der Waals surface area contributed by atoms with Crippen LogP contribution in [0.2, 0.25) is 0 Å². The van der Waals surface area contributed by atoms with Gasteiger partial charge in [-0.2, -0.15) is 0 Å². The summed E-state index contributed by atoms with van der Waals surface area (Å²) in [6, 6.07) is 25.3. The Morgan fingerprint density at radius 1 is 0.857 bits per heavy atom. The van der Waals surface area contributed by atoms with Crippen molar-refractivity contribution in [1.82, 2.24) is 0 Å². The first-order chi connectivity index (χ1) is 13.7. The molecule has 0 saturated heterocycles. The van der Waals surface area contributed by atoms with Crippen molar-refractivity contribution in [3.63, 3.8) is 0 Å². The summed E-state index contributed by atoms with van der Waals surface area (Å²) in [6.45, 7) is 6.58. The third-order valence-corrected chi connectivity index (χ3v) is 4.64. The van der Waals surface area contributed by atoms with E-state index in [1.807, 2.05) is 55.5 Å². The average Bonchev–Trinajstić information content (AvgIpc) is 2.73. The number of ether oxygens (including phenoxy) is 1. The fourth-order valence-electron chi connectivity index (χ4n) is 3.31. The average molecular weight is 372 g/mol. The Bertz CT molecular complexity index is 922. The minimum atomic E-state index is -0.218. The van der Waals surface area contributed by atoms with Crippen LogP contribution in [0.4, 0.5) is 4.39 Å². The van der Waals surface area contributed by atoms with Crippen LogP contribution in [0, 0.1) is 5.82 Å². The fourth-order valence-corrected chi connectivity index (χ4v) is 3.31. The van der Waals surface area contributed by atoms with Crippen LogP contribution in [0.15, 0.2) is 91.5 Å². The summed E-state index contributed by atoms with van der Waals surface area (Å²) in [6.07, 6.45) is 3.40. The lowest BCUT2D eigenvalue weighted by Gasteiger charge is -2.17. The van der Waals surface area contributed by atoms with Gasteiger partial charge < -0.3 is 4.74 Å². The molecule has 0 heterocycles. The standard InChI is InChI=1S/C26H25FO/c1-3-8-25(21-9-6-5-7-10-21)26(19-20-11-15-23(27)16-12-20)22-13-17-24(18-14-22)28-4-2/h3,5-7,9-18H,1,4,8,19H2,2H3/b26-25-. The number of rotatable bonds is 8. The monoisotopic (exact) mass is 372 g/mol. The highest BCUT2D eigenvalue weighted by molar-refractivity contribution is 5.92. The molecule has 0 aliphatic rings. The van der Waals surface area contributed by atoms with Gasteiger partial charge in [-0.1, -0.05) is 60.7 Å². The van der Waals surface area contributed by atoms with E-state index < -0.39 is 0 Å². The van der Waals surface area contributed by atoms with E-state index in [9.17, 15) is 4.39 Å². The number of halogens is 1. The summed E-state index contributed by atoms with van der Waals surface area (Å²) in [5, 5.41) is 0. The lowest BCUT2D eigenvalue weighted by atomic mass is 9.88. The molecule has 0 aromatic heterocycles. The molecule has 3 rings (SSSR count). The lowest BCUT2D eigenvalue weighted by Crippen LogP contribution is -1.98. The molecule has 28 heavy (non-hydrogen) atoms. The van der Waals surface area contributed by atoms with Crippen LogP contribution in [0.5, 0.6) is 5.75 Å². The highest BCUT2D eigenvalue weighted by Gasteiger charge is 2.12. The second-order valence-electron chi connectivity index (χ2n) is 6.58. The Kier molecular flexibility index (Phi) is 6.80. The van der Waals surface area contributed by atoms with E-state index in [2.05, 4.69) is 30.8 Å². The summed E-state index contributed by atoms with van der Waals surface area (Å²) in [4.78, 5) is 0. The highest BCUT2D eigenvalue weighted by atomic mass is 19.1. The van der Waals surface area contributed by atoms with Crippen LogP contribution in [0.25, 0.3) is 11.1 Å². The molecule has 0 fully saturated rings. The van der Waals surface area contributed by atoms with E-state index in [1.165, 1.54) is 28.8 Å². The number of hydrogen-bond acceptors (Lipinski definition) is 1. The molecule has 142 valence electrons. The first kappa shape index (κ1) is 19.6. The number of benzene rings is 3. The van der Waals surface area contributed by atoms with Crippen LogP contribution < -0.4 is 4.74 Å². The Balaban J connectivity index is 2.10. The van der Waals surface area contributed by atoms with E-state index >= 15 is 0 Å². The van der Waals surface area contributed by atoms with Crippen LogP contribution in [0.1, 0.15) is 30.0 Å². The van der Waals surface area contributed by atoms with Crippen molar-refractivity contribution in [1.29, 1.82) is 0 Å². The van der Waals surface area contributed by atoms with Crippen LogP contribution in [0.3, 0.4) is 0 Å². The maximum absolute atomic E-state index is 13.4. The first-order valence-electron chi connectivity index (χ1n) is 9.57. The first-order valence-corrected chi connectivity index (χ1v) is 9.57. The Morgan fingerprint density at radius 2 is 1.50 bits per heavy atom. The van der Waals surface area contributed by atoms with Crippen molar-refractivity contribution in [3.8, 4) is 5.75 Å². The van der Waals surface area contributed by atoms with Crippen LogP contribution in [-0.2, 0) is 6.42 Å². The van der Waals surface area contributed by atoms with Gasteiger partial charge in [-0.25, -0.2) is 4.39 Å². The molecule has 3 aromatic carbocycles. The fraction of sp³-hybridized carbons (Fsp3) is 0.154. The van der Waals surface area contributed by atoms with Gasteiger partial charge in [-0.3, -0.25) is 0 Å². The quantitative estimate of drug-likeness (QED) is 0.307. The third-order valence-electron chi connectivity index (χ3n) is 4.64. The van der Waals surface area contributed by atoms with E-state index in [-0.39, 0.29) is 5.82 Å². The van der Waals surface area contributed by atoms with E-state index in [4.69, 9.17) is 4.74 Å². The molecule has 3 aromatic rings. The van der Waals surface area contributed by atoms with Gasteiger partial charge in [0.25, 0.3) is 0 Å². The van der Waals surface area contributed by atoms with Gasteiger partial charge in [-0.05, 0) is 71.9 Å². The molecular weight excluding hydrogens is 347 g/mol. The second-order valence-corrected chi connectivity index (χ2v) is 6.58. The van der Waals surface area contributed by atoms with Gasteiger partial charge in [0.2, 0.25) is 0 Å². The summed E-state index contributed by atoms with van der Waals surface area (Å²) < 4.78 is 19.0. The number of hydrogen-bond donors (Lipinski definition) is 0. The van der Waals surface area contributed by atoms with Gasteiger partial charge in [0.15, 0.2) is 0 Å². The van der Waals surface area contributed by atoms with E-state index in [0.717, 1.165) is 23.3 Å². The van der Waals surface area contributed by atoms with Gasteiger partial charge >= 0.3 is 0 Å². The zero-order valence-electron chi connectivity index (χ0n) is 16.2. The Hall–Kier alpha value is -3.13. The Morgan fingerprint density at radius 3 is 2.11 bits per heavy atom. The van der Waals surface area contributed by atoms with Crippen molar-refractivity contribution < 1.29 is 9.13 Å². The molecular formula is C26H25FO. The maximum atomic E-state index is 13.4. The SMILES string of the molecule is C=CC/C(=C(\Cc1ccc(F)cc1)c1ccc(OCC)cc1)c1ccccc1. The van der Waals surface area contributed by atoms with Crippen molar-refractivity contribution in [3.05, 3.63) is 114 Å². The largest absolute Gasteiger partial charge is 0.494 e. The number of allylic oxidation sites excluding steroid dienone is 3. The molecule has 0 aliphatic heterocycles. The molecule has 0 aliphatic carbocycles. The topological polar surface area (TPSA) is 9.23 Å². The lowest BCUT2D eigenvalue weighted by molar-refractivity contribution is 0.340. The predicted octanol–water partition coefficient (Wildman–Crippen LogP) is 6.95. The van der Waals surface area contributed by atoms with Crippen molar-refractivity contribution in [2.45, 2.75) is 19.8 Å².